The monoisotopic (exact) mass is 438 g/mol. The Hall–Kier alpha value is -3.44. The molecule has 3 rings (SSSR count). The number of hydrogen-bond donors (Lipinski definition) is 2. The van der Waals surface area contributed by atoms with Crippen LogP contribution in [0.4, 0.5) is 30.5 Å². The number of alkyl halides is 3. The third-order valence-electron chi connectivity index (χ3n) is 4.89. The summed E-state index contributed by atoms with van der Waals surface area (Å²) < 4.78 is 38.3. The van der Waals surface area contributed by atoms with Gasteiger partial charge in [-0.3, -0.25) is 14.9 Å². The van der Waals surface area contributed by atoms with E-state index in [1.807, 2.05) is 4.90 Å². The zero-order valence-corrected chi connectivity index (χ0v) is 16.4. The first-order chi connectivity index (χ1) is 14.8. The number of nitro benzene ring substituents is 1. The van der Waals surface area contributed by atoms with Crippen LogP contribution in [0.2, 0.25) is 0 Å². The number of anilines is 2. The van der Waals surface area contributed by atoms with Gasteiger partial charge in [-0.1, -0.05) is 0 Å². The number of hydrogen-bond acceptors (Lipinski definition) is 7. The average molecular weight is 438 g/mol. The molecule has 1 fully saturated rings. The molecule has 9 nitrogen and oxygen atoms in total. The second-order valence-corrected chi connectivity index (χ2v) is 7.04. The largest absolute Gasteiger partial charge is 0.416 e. The van der Waals surface area contributed by atoms with Crippen LogP contribution in [0.1, 0.15) is 18.4 Å². The van der Waals surface area contributed by atoms with Gasteiger partial charge in [0.25, 0.3) is 5.69 Å². The molecule has 2 N–H and O–H groups in total. The minimum atomic E-state index is -4.67. The molecule has 1 aromatic carbocycles. The van der Waals surface area contributed by atoms with Gasteiger partial charge in [-0.25, -0.2) is 9.97 Å². The maximum Gasteiger partial charge on any atom is 0.416 e. The number of carbonyl (C=O) groups is 1. The van der Waals surface area contributed by atoms with Gasteiger partial charge in [0.15, 0.2) is 0 Å². The van der Waals surface area contributed by atoms with Gasteiger partial charge in [-0.15, -0.1) is 0 Å². The van der Waals surface area contributed by atoms with E-state index < -0.39 is 22.4 Å². The Balaban J connectivity index is 1.51. The number of rotatable bonds is 7. The van der Waals surface area contributed by atoms with Crippen LogP contribution in [0.3, 0.4) is 0 Å². The van der Waals surface area contributed by atoms with Crippen molar-refractivity contribution in [1.82, 2.24) is 15.3 Å². The molecule has 0 bridgehead atoms. The second kappa shape index (κ2) is 9.58. The lowest BCUT2D eigenvalue weighted by atomic mass is 9.97. The SMILES string of the molecule is O=C(NCCNc1ccc(C(F)(F)F)cc1[N+](=O)[O-])[C@H]1CCCN(c2ncccn2)C1. The van der Waals surface area contributed by atoms with Gasteiger partial charge in [-0.2, -0.15) is 13.2 Å². The fourth-order valence-electron chi connectivity index (χ4n) is 3.36. The highest BCUT2D eigenvalue weighted by atomic mass is 19.4. The molecule has 1 saturated heterocycles. The molecular weight excluding hydrogens is 417 g/mol. The van der Waals surface area contributed by atoms with Crippen molar-refractivity contribution in [3.8, 4) is 0 Å². The molecular formula is C19H21F3N6O3. The van der Waals surface area contributed by atoms with E-state index in [4.69, 9.17) is 0 Å². The summed E-state index contributed by atoms with van der Waals surface area (Å²) in [6.45, 7) is 1.52. The zero-order valence-electron chi connectivity index (χ0n) is 16.4. The smallest absolute Gasteiger partial charge is 0.378 e. The van der Waals surface area contributed by atoms with E-state index in [-0.39, 0.29) is 30.6 Å². The number of piperidine rings is 1. The molecule has 0 radical (unpaired) electrons. The summed E-state index contributed by atoms with van der Waals surface area (Å²) in [5, 5.41) is 16.6. The molecule has 12 heteroatoms. The highest BCUT2D eigenvalue weighted by Crippen LogP contribution is 2.34. The molecule has 0 spiro atoms. The third-order valence-corrected chi connectivity index (χ3v) is 4.89. The number of nitro groups is 1. The van der Waals surface area contributed by atoms with Crippen LogP contribution in [-0.4, -0.2) is 47.0 Å². The number of nitrogens with one attached hydrogen (secondary N) is 2. The number of benzene rings is 1. The zero-order chi connectivity index (χ0) is 22.4. The van der Waals surface area contributed by atoms with Crippen molar-refractivity contribution in [3.05, 3.63) is 52.3 Å². The van der Waals surface area contributed by atoms with Crippen LogP contribution >= 0.6 is 0 Å². The molecule has 166 valence electrons. The highest BCUT2D eigenvalue weighted by molar-refractivity contribution is 5.79. The predicted molar refractivity (Wildman–Crippen MR) is 107 cm³/mol. The van der Waals surface area contributed by atoms with Crippen LogP contribution in [0, 0.1) is 16.0 Å². The molecule has 1 atom stereocenters. The Morgan fingerprint density at radius 2 is 2.00 bits per heavy atom. The average Bonchev–Trinajstić information content (AvgIpc) is 2.76. The number of nitrogens with zero attached hydrogens (tertiary/aromatic N) is 4. The Morgan fingerprint density at radius 1 is 1.26 bits per heavy atom. The van der Waals surface area contributed by atoms with Gasteiger partial charge in [0.1, 0.15) is 5.69 Å². The van der Waals surface area contributed by atoms with Gasteiger partial charge in [-0.05, 0) is 31.0 Å². The molecule has 31 heavy (non-hydrogen) atoms. The van der Waals surface area contributed by atoms with Crippen molar-refractivity contribution in [2.75, 3.05) is 36.4 Å². The van der Waals surface area contributed by atoms with Crippen LogP contribution < -0.4 is 15.5 Å². The fourth-order valence-corrected chi connectivity index (χ4v) is 3.36. The summed E-state index contributed by atoms with van der Waals surface area (Å²) in [6.07, 6.45) is 0.130. The van der Waals surface area contributed by atoms with E-state index in [0.29, 0.717) is 25.0 Å². The van der Waals surface area contributed by atoms with Gasteiger partial charge >= 0.3 is 6.18 Å². The maximum atomic E-state index is 12.8. The standard InChI is InChI=1S/C19H21F3N6O3/c20-19(21,22)14-4-5-15(16(11-14)28(30)31)23-8-9-24-17(29)13-3-1-10-27(12-13)18-25-6-2-7-26-18/h2,4-7,11,13,23H,1,3,8-10,12H2,(H,24,29)/t13-/m0/s1. The number of aromatic nitrogens is 2. The van der Waals surface area contributed by atoms with Crippen LogP contribution in [0.5, 0.6) is 0 Å². The minimum absolute atomic E-state index is 0.0442. The molecule has 2 heterocycles. The molecule has 0 saturated carbocycles. The Morgan fingerprint density at radius 3 is 2.68 bits per heavy atom. The van der Waals surface area contributed by atoms with Gasteiger partial charge < -0.3 is 15.5 Å². The predicted octanol–water partition coefficient (Wildman–Crippen LogP) is 2.85. The summed E-state index contributed by atoms with van der Waals surface area (Å²) in [5.74, 6) is 0.151. The van der Waals surface area contributed by atoms with Crippen LogP contribution in [0.25, 0.3) is 0 Å². The van der Waals surface area contributed by atoms with E-state index >= 15 is 0 Å². The quantitative estimate of drug-likeness (QED) is 0.388. The molecule has 0 aliphatic carbocycles. The van der Waals surface area contributed by atoms with E-state index in [1.165, 1.54) is 0 Å². The summed E-state index contributed by atoms with van der Waals surface area (Å²) in [6, 6.07) is 3.99. The topological polar surface area (TPSA) is 113 Å². The van der Waals surface area contributed by atoms with Crippen molar-refractivity contribution >= 4 is 23.2 Å². The minimum Gasteiger partial charge on any atom is -0.378 e. The molecule has 1 aliphatic rings. The number of amides is 1. The summed E-state index contributed by atoms with van der Waals surface area (Å²) in [4.78, 5) is 33.0. The first kappa shape index (κ1) is 22.2. The third kappa shape index (κ3) is 5.80. The first-order valence-electron chi connectivity index (χ1n) is 9.65. The van der Waals surface area contributed by atoms with Crippen molar-refractivity contribution in [3.63, 3.8) is 0 Å². The van der Waals surface area contributed by atoms with E-state index in [1.54, 1.807) is 18.5 Å². The lowest BCUT2D eigenvalue weighted by Gasteiger charge is -2.31. The molecule has 1 amide bonds. The van der Waals surface area contributed by atoms with Gasteiger partial charge in [0.05, 0.1) is 16.4 Å². The molecule has 1 aromatic heterocycles. The Bertz CT molecular complexity index is 926. The number of carbonyl (C=O) groups excluding carboxylic acids is 1. The lowest BCUT2D eigenvalue weighted by molar-refractivity contribution is -0.384. The van der Waals surface area contributed by atoms with Crippen LogP contribution in [0.15, 0.2) is 36.7 Å². The Kier molecular flexibility index (Phi) is 6.88. The molecule has 2 aromatic rings. The summed E-state index contributed by atoms with van der Waals surface area (Å²) in [7, 11) is 0. The Labute approximate surface area is 175 Å². The van der Waals surface area contributed by atoms with Crippen molar-refractivity contribution in [1.29, 1.82) is 0 Å². The van der Waals surface area contributed by atoms with Gasteiger partial charge in [0.2, 0.25) is 11.9 Å². The lowest BCUT2D eigenvalue weighted by Crippen LogP contribution is -2.44. The van der Waals surface area contributed by atoms with Crippen LogP contribution in [-0.2, 0) is 11.0 Å². The van der Waals surface area contributed by atoms with E-state index in [2.05, 4.69) is 20.6 Å². The normalized spacial score (nSPS) is 16.6. The van der Waals surface area contributed by atoms with Gasteiger partial charge in [0, 0.05) is 44.6 Å². The molecule has 1 aliphatic heterocycles. The molecule has 0 unspecified atom stereocenters. The van der Waals surface area contributed by atoms with E-state index in [0.717, 1.165) is 25.1 Å². The maximum absolute atomic E-state index is 12.8. The summed E-state index contributed by atoms with van der Waals surface area (Å²) in [5.41, 5.74) is -1.81. The highest BCUT2D eigenvalue weighted by Gasteiger charge is 2.33. The number of halogens is 3. The second-order valence-electron chi connectivity index (χ2n) is 7.04. The van der Waals surface area contributed by atoms with Crippen molar-refractivity contribution in [2.24, 2.45) is 5.92 Å². The first-order valence-corrected chi connectivity index (χ1v) is 9.65. The van der Waals surface area contributed by atoms with Crippen molar-refractivity contribution < 1.29 is 22.9 Å². The fraction of sp³-hybridized carbons (Fsp3) is 0.421. The summed E-state index contributed by atoms with van der Waals surface area (Å²) >= 11 is 0. The van der Waals surface area contributed by atoms with E-state index in [9.17, 15) is 28.1 Å². The van der Waals surface area contributed by atoms with Crippen molar-refractivity contribution in [2.45, 2.75) is 19.0 Å².